The number of nitrogens with one attached hydrogen (secondary N) is 2. The summed E-state index contributed by atoms with van der Waals surface area (Å²) >= 11 is 3.34. The van der Waals surface area contributed by atoms with E-state index in [1.165, 1.54) is 48.8 Å². The molecule has 3 aromatic carbocycles. The van der Waals surface area contributed by atoms with Crippen LogP contribution in [0.3, 0.4) is 0 Å². The Labute approximate surface area is 229 Å². The molecule has 2 N–H and O–H groups in total. The van der Waals surface area contributed by atoms with Crippen LogP contribution in [-0.2, 0) is 24.8 Å². The molecule has 196 valence electrons. The highest BCUT2D eigenvalue weighted by Crippen LogP contribution is 2.27. The second-order valence-electron chi connectivity index (χ2n) is 8.06. The van der Waals surface area contributed by atoms with Crippen LogP contribution in [0.2, 0.25) is 0 Å². The van der Waals surface area contributed by atoms with Crippen molar-refractivity contribution in [3.63, 3.8) is 0 Å². The van der Waals surface area contributed by atoms with Crippen LogP contribution in [-0.4, -0.2) is 39.3 Å². The molecule has 0 bridgehead atoms. The third-order valence-electron chi connectivity index (χ3n) is 5.23. The maximum Gasteiger partial charge on any atom is 0.264 e. The average Bonchev–Trinajstić information content (AvgIpc) is 2.88. The number of aromatic nitrogens is 2. The molecule has 0 spiro atoms. The molecule has 13 heteroatoms. The first-order valence-electron chi connectivity index (χ1n) is 11.1. The van der Waals surface area contributed by atoms with Crippen molar-refractivity contribution in [1.82, 2.24) is 9.97 Å². The Morgan fingerprint density at radius 1 is 0.868 bits per heavy atom. The highest BCUT2D eigenvalue weighted by Gasteiger charge is 2.27. The summed E-state index contributed by atoms with van der Waals surface area (Å²) in [7, 11) is -8.03. The van der Waals surface area contributed by atoms with Gasteiger partial charge in [-0.05, 0) is 67.6 Å². The monoisotopic (exact) mass is 615 g/mol. The molecule has 1 heterocycles. The van der Waals surface area contributed by atoms with Gasteiger partial charge >= 0.3 is 0 Å². The van der Waals surface area contributed by atoms with E-state index in [1.807, 2.05) is 6.92 Å². The molecular weight excluding hydrogens is 594 g/mol. The van der Waals surface area contributed by atoms with Crippen LogP contribution in [0.4, 0.5) is 17.3 Å². The standard InChI is InChI=1S/C25H22BrN5O5S2/c1-18-6-10-23(11-7-18)38(35,36)31(21-5-2-4-19(26)16-21)17-24(32)29-20-8-12-22(13-9-20)37(33,34)30-25-27-14-3-15-28-25/h2-16H,17H2,1H3,(H,29,32)(H,27,28,30). The van der Waals surface area contributed by atoms with Crippen LogP contribution in [0.1, 0.15) is 5.56 Å². The average molecular weight is 617 g/mol. The second-order valence-corrected chi connectivity index (χ2v) is 12.5. The smallest absolute Gasteiger partial charge is 0.264 e. The molecule has 4 rings (SSSR count). The van der Waals surface area contributed by atoms with Gasteiger partial charge < -0.3 is 5.32 Å². The number of rotatable bonds is 9. The van der Waals surface area contributed by atoms with Gasteiger partial charge in [0.05, 0.1) is 15.5 Å². The molecule has 0 aliphatic heterocycles. The van der Waals surface area contributed by atoms with Gasteiger partial charge in [0.15, 0.2) is 0 Å². The van der Waals surface area contributed by atoms with Crippen molar-refractivity contribution in [3.8, 4) is 0 Å². The first-order valence-corrected chi connectivity index (χ1v) is 14.8. The summed E-state index contributed by atoms with van der Waals surface area (Å²) in [5.41, 5.74) is 1.48. The van der Waals surface area contributed by atoms with Crippen LogP contribution < -0.4 is 14.3 Å². The molecule has 0 saturated carbocycles. The molecule has 1 amide bonds. The van der Waals surface area contributed by atoms with Gasteiger partial charge in [-0.2, -0.15) is 0 Å². The molecule has 0 atom stereocenters. The summed E-state index contributed by atoms with van der Waals surface area (Å²) in [5, 5.41) is 2.62. The Morgan fingerprint density at radius 3 is 2.13 bits per heavy atom. The summed E-state index contributed by atoms with van der Waals surface area (Å²) in [6.45, 7) is 1.33. The second kappa shape index (κ2) is 11.3. The van der Waals surface area contributed by atoms with Crippen LogP contribution >= 0.6 is 15.9 Å². The lowest BCUT2D eigenvalue weighted by Crippen LogP contribution is -2.38. The highest BCUT2D eigenvalue weighted by molar-refractivity contribution is 9.10. The number of benzene rings is 3. The number of hydrogen-bond acceptors (Lipinski definition) is 7. The Bertz CT molecular complexity index is 1650. The molecule has 4 aromatic rings. The minimum absolute atomic E-state index is 0.0420. The lowest BCUT2D eigenvalue weighted by Gasteiger charge is -2.24. The summed E-state index contributed by atoms with van der Waals surface area (Å²) in [6.07, 6.45) is 2.81. The van der Waals surface area contributed by atoms with Crippen LogP contribution in [0, 0.1) is 6.92 Å². The van der Waals surface area contributed by atoms with Gasteiger partial charge in [-0.1, -0.05) is 39.7 Å². The first-order chi connectivity index (χ1) is 18.0. The number of aryl methyl sites for hydroxylation is 1. The topological polar surface area (TPSA) is 138 Å². The molecule has 0 unspecified atom stereocenters. The van der Waals surface area contributed by atoms with Gasteiger partial charge in [0.1, 0.15) is 6.54 Å². The maximum absolute atomic E-state index is 13.5. The van der Waals surface area contributed by atoms with Crippen molar-refractivity contribution >= 4 is 59.2 Å². The number of nitrogens with zero attached hydrogens (tertiary/aromatic N) is 3. The normalized spacial score (nSPS) is 11.5. The van der Waals surface area contributed by atoms with E-state index < -0.39 is 32.5 Å². The molecule has 10 nitrogen and oxygen atoms in total. The van der Waals surface area contributed by atoms with Gasteiger partial charge in [-0.15, -0.1) is 0 Å². The molecule has 0 fully saturated rings. The molecular formula is C25H22BrN5O5S2. The number of amides is 1. The van der Waals surface area contributed by atoms with E-state index in [2.05, 4.69) is 35.9 Å². The van der Waals surface area contributed by atoms with Crippen molar-refractivity contribution < 1.29 is 21.6 Å². The number of carbonyl (C=O) groups excluding carboxylic acids is 1. The van der Waals surface area contributed by atoms with Crippen molar-refractivity contribution in [1.29, 1.82) is 0 Å². The van der Waals surface area contributed by atoms with Crippen LogP contribution in [0.5, 0.6) is 0 Å². The number of halogens is 1. The number of anilines is 3. The van der Waals surface area contributed by atoms with Gasteiger partial charge in [0, 0.05) is 22.6 Å². The van der Waals surface area contributed by atoms with E-state index in [0.29, 0.717) is 10.2 Å². The maximum atomic E-state index is 13.5. The lowest BCUT2D eigenvalue weighted by atomic mass is 10.2. The number of carbonyl (C=O) groups is 1. The zero-order valence-corrected chi connectivity index (χ0v) is 23.2. The lowest BCUT2D eigenvalue weighted by molar-refractivity contribution is -0.114. The van der Waals surface area contributed by atoms with E-state index in [0.717, 1.165) is 9.87 Å². The largest absolute Gasteiger partial charge is 0.325 e. The molecule has 0 aliphatic rings. The predicted octanol–water partition coefficient (Wildman–Crippen LogP) is 4.18. The van der Waals surface area contributed by atoms with Gasteiger partial charge in [0.25, 0.3) is 20.0 Å². The van der Waals surface area contributed by atoms with E-state index in [4.69, 9.17) is 0 Å². The molecule has 1 aromatic heterocycles. The van der Waals surface area contributed by atoms with E-state index >= 15 is 0 Å². The van der Waals surface area contributed by atoms with Crippen molar-refractivity contribution in [3.05, 3.63) is 101 Å². The van der Waals surface area contributed by atoms with E-state index in [-0.39, 0.29) is 21.4 Å². The van der Waals surface area contributed by atoms with Gasteiger partial charge in [0.2, 0.25) is 11.9 Å². The molecule has 0 saturated heterocycles. The van der Waals surface area contributed by atoms with Crippen molar-refractivity contribution in [2.45, 2.75) is 16.7 Å². The fourth-order valence-corrected chi connectivity index (χ4v) is 6.12. The Balaban J connectivity index is 1.53. The Morgan fingerprint density at radius 2 is 1.50 bits per heavy atom. The molecule has 38 heavy (non-hydrogen) atoms. The van der Waals surface area contributed by atoms with Crippen LogP contribution in [0.15, 0.2) is 106 Å². The van der Waals surface area contributed by atoms with E-state index in [9.17, 15) is 21.6 Å². The zero-order chi connectivity index (χ0) is 27.3. The fourth-order valence-electron chi connectivity index (χ4n) is 3.36. The zero-order valence-electron chi connectivity index (χ0n) is 19.9. The quantitative estimate of drug-likeness (QED) is 0.288. The Kier molecular flexibility index (Phi) is 8.09. The summed E-state index contributed by atoms with van der Waals surface area (Å²) < 4.78 is 56.1. The van der Waals surface area contributed by atoms with Gasteiger partial charge in [-0.25, -0.2) is 31.5 Å². The summed E-state index contributed by atoms with van der Waals surface area (Å²) in [4.78, 5) is 20.6. The summed E-state index contributed by atoms with van der Waals surface area (Å²) in [5.74, 6) is -0.695. The van der Waals surface area contributed by atoms with Crippen molar-refractivity contribution in [2.24, 2.45) is 0 Å². The predicted molar refractivity (Wildman–Crippen MR) is 148 cm³/mol. The number of sulfonamides is 2. The van der Waals surface area contributed by atoms with E-state index in [1.54, 1.807) is 42.5 Å². The highest BCUT2D eigenvalue weighted by atomic mass is 79.9. The number of hydrogen-bond donors (Lipinski definition) is 2. The SMILES string of the molecule is Cc1ccc(S(=O)(=O)N(CC(=O)Nc2ccc(S(=O)(=O)Nc3ncccn3)cc2)c2cccc(Br)c2)cc1. The Hall–Kier alpha value is -3.81. The molecule has 0 radical (unpaired) electrons. The summed E-state index contributed by atoms with van der Waals surface area (Å²) in [6, 6.07) is 19.9. The van der Waals surface area contributed by atoms with Crippen molar-refractivity contribution in [2.75, 3.05) is 20.9 Å². The third kappa shape index (κ3) is 6.54. The minimum Gasteiger partial charge on any atom is -0.325 e. The molecule has 0 aliphatic carbocycles. The fraction of sp³-hybridized carbons (Fsp3) is 0.0800. The van der Waals surface area contributed by atoms with Crippen LogP contribution in [0.25, 0.3) is 0 Å². The third-order valence-corrected chi connectivity index (χ3v) is 8.86. The first kappa shape index (κ1) is 27.2. The van der Waals surface area contributed by atoms with Gasteiger partial charge in [-0.3, -0.25) is 9.10 Å². The minimum atomic E-state index is -4.08.